The number of fused-ring (bicyclic) bond motifs is 1. The van der Waals surface area contributed by atoms with E-state index in [1.165, 1.54) is 0 Å². The molecule has 0 aromatic carbocycles. The number of rotatable bonds is 3. The first-order valence-corrected chi connectivity index (χ1v) is 5.06. The zero-order valence-corrected chi connectivity index (χ0v) is 8.36. The van der Waals surface area contributed by atoms with Crippen molar-refractivity contribution in [2.75, 3.05) is 6.54 Å². The molecule has 1 aliphatic heterocycles. The number of amides is 1. The minimum absolute atomic E-state index is 0.0917. The zero-order valence-electron chi connectivity index (χ0n) is 8.36. The maximum absolute atomic E-state index is 11.8. The van der Waals surface area contributed by atoms with Gasteiger partial charge in [-0.1, -0.05) is 19.4 Å². The Kier molecular flexibility index (Phi) is 2.48. The Morgan fingerprint density at radius 3 is 3.14 bits per heavy atom. The van der Waals surface area contributed by atoms with Gasteiger partial charge in [0.25, 0.3) is 5.91 Å². The number of nitrogens with zero attached hydrogens (tertiary/aromatic N) is 2. The van der Waals surface area contributed by atoms with E-state index in [2.05, 4.69) is 11.9 Å². The first kappa shape index (κ1) is 9.19. The van der Waals surface area contributed by atoms with Crippen molar-refractivity contribution < 1.29 is 4.79 Å². The number of aromatic nitrogens is 1. The van der Waals surface area contributed by atoms with Crippen molar-refractivity contribution in [3.63, 3.8) is 0 Å². The lowest BCUT2D eigenvalue weighted by Crippen LogP contribution is -2.25. The standard InChI is InChI=1S/C11H14N2O/c1-2-3-7-13-8-9-5-4-6-12-10(9)11(13)14/h4-6H,2-3,7-8H2,1H3. The summed E-state index contributed by atoms with van der Waals surface area (Å²) in [5.74, 6) is 0.0917. The quantitative estimate of drug-likeness (QED) is 0.728. The van der Waals surface area contributed by atoms with E-state index in [4.69, 9.17) is 0 Å². The highest BCUT2D eigenvalue weighted by atomic mass is 16.2. The molecule has 0 atom stereocenters. The minimum Gasteiger partial charge on any atom is -0.333 e. The third-order valence-electron chi connectivity index (χ3n) is 2.52. The molecular weight excluding hydrogens is 176 g/mol. The molecule has 1 amide bonds. The van der Waals surface area contributed by atoms with Gasteiger partial charge in [-0.2, -0.15) is 0 Å². The molecule has 1 aromatic rings. The average Bonchev–Trinajstić information content (AvgIpc) is 2.54. The molecule has 0 saturated carbocycles. The van der Waals surface area contributed by atoms with Gasteiger partial charge >= 0.3 is 0 Å². The molecule has 0 saturated heterocycles. The lowest BCUT2D eigenvalue weighted by Gasteiger charge is -2.13. The molecule has 0 N–H and O–H groups in total. The van der Waals surface area contributed by atoms with Crippen LogP contribution in [0.1, 0.15) is 35.8 Å². The van der Waals surface area contributed by atoms with Crippen molar-refractivity contribution in [3.05, 3.63) is 29.6 Å². The molecular formula is C11H14N2O. The third-order valence-corrected chi connectivity index (χ3v) is 2.52. The molecule has 1 aromatic heterocycles. The number of hydrogen-bond donors (Lipinski definition) is 0. The number of carbonyl (C=O) groups is 1. The molecule has 2 heterocycles. The van der Waals surface area contributed by atoms with Crippen molar-refractivity contribution in [1.29, 1.82) is 0 Å². The van der Waals surface area contributed by atoms with E-state index in [1.807, 2.05) is 17.0 Å². The first-order chi connectivity index (χ1) is 6.83. The van der Waals surface area contributed by atoms with Crippen LogP contribution in [-0.2, 0) is 6.54 Å². The summed E-state index contributed by atoms with van der Waals surface area (Å²) in [5.41, 5.74) is 1.71. The van der Waals surface area contributed by atoms with Gasteiger partial charge in [0.2, 0.25) is 0 Å². The molecule has 0 unspecified atom stereocenters. The topological polar surface area (TPSA) is 33.2 Å². The van der Waals surface area contributed by atoms with Crippen LogP contribution < -0.4 is 0 Å². The molecule has 14 heavy (non-hydrogen) atoms. The second kappa shape index (κ2) is 3.78. The van der Waals surface area contributed by atoms with Crippen molar-refractivity contribution >= 4 is 5.91 Å². The van der Waals surface area contributed by atoms with Gasteiger partial charge in [0.05, 0.1) is 0 Å². The van der Waals surface area contributed by atoms with Crippen LogP contribution in [0.25, 0.3) is 0 Å². The van der Waals surface area contributed by atoms with Gasteiger partial charge in [0, 0.05) is 24.8 Å². The monoisotopic (exact) mass is 190 g/mol. The highest BCUT2D eigenvalue weighted by molar-refractivity contribution is 5.96. The molecule has 1 aliphatic rings. The van der Waals surface area contributed by atoms with E-state index in [0.29, 0.717) is 5.69 Å². The normalized spacial score (nSPS) is 14.6. The van der Waals surface area contributed by atoms with E-state index in [9.17, 15) is 4.79 Å². The smallest absolute Gasteiger partial charge is 0.273 e. The van der Waals surface area contributed by atoms with Gasteiger partial charge in [-0.3, -0.25) is 9.78 Å². The lowest BCUT2D eigenvalue weighted by molar-refractivity contribution is 0.0772. The van der Waals surface area contributed by atoms with Crippen LogP contribution in [0.15, 0.2) is 18.3 Å². The molecule has 3 nitrogen and oxygen atoms in total. The van der Waals surface area contributed by atoms with Crippen LogP contribution in [0.4, 0.5) is 0 Å². The molecule has 0 bridgehead atoms. The van der Waals surface area contributed by atoms with Crippen LogP contribution in [0.5, 0.6) is 0 Å². The molecule has 0 fully saturated rings. The maximum atomic E-state index is 11.8. The van der Waals surface area contributed by atoms with Gasteiger partial charge in [-0.25, -0.2) is 0 Å². The molecule has 74 valence electrons. The fraction of sp³-hybridized carbons (Fsp3) is 0.455. The van der Waals surface area contributed by atoms with Crippen LogP contribution >= 0.6 is 0 Å². The average molecular weight is 190 g/mol. The molecule has 2 rings (SSSR count). The summed E-state index contributed by atoms with van der Waals surface area (Å²) in [4.78, 5) is 17.7. The highest BCUT2D eigenvalue weighted by Gasteiger charge is 2.27. The Morgan fingerprint density at radius 2 is 2.43 bits per heavy atom. The largest absolute Gasteiger partial charge is 0.333 e. The Bertz CT molecular complexity index is 349. The summed E-state index contributed by atoms with van der Waals surface area (Å²) < 4.78 is 0. The van der Waals surface area contributed by atoms with Crippen molar-refractivity contribution in [3.8, 4) is 0 Å². The van der Waals surface area contributed by atoms with Gasteiger partial charge in [-0.15, -0.1) is 0 Å². The number of pyridine rings is 1. The van der Waals surface area contributed by atoms with Gasteiger partial charge in [0.15, 0.2) is 0 Å². The molecule has 0 spiro atoms. The number of unbranched alkanes of at least 4 members (excludes halogenated alkanes) is 1. The van der Waals surface area contributed by atoms with Crippen LogP contribution in [0.2, 0.25) is 0 Å². The summed E-state index contributed by atoms with van der Waals surface area (Å²) in [6.07, 6.45) is 3.87. The Morgan fingerprint density at radius 1 is 1.57 bits per heavy atom. The first-order valence-electron chi connectivity index (χ1n) is 5.06. The van der Waals surface area contributed by atoms with Crippen LogP contribution in [-0.4, -0.2) is 22.3 Å². The summed E-state index contributed by atoms with van der Waals surface area (Å²) in [6, 6.07) is 3.86. The van der Waals surface area contributed by atoms with Crippen LogP contribution in [0, 0.1) is 0 Å². The fourth-order valence-electron chi connectivity index (χ4n) is 1.72. The zero-order chi connectivity index (χ0) is 9.97. The predicted molar refractivity (Wildman–Crippen MR) is 53.9 cm³/mol. The molecule has 0 aliphatic carbocycles. The van der Waals surface area contributed by atoms with Crippen molar-refractivity contribution in [1.82, 2.24) is 9.88 Å². The Balaban J connectivity index is 2.13. The lowest BCUT2D eigenvalue weighted by atomic mass is 10.2. The molecule has 3 heteroatoms. The maximum Gasteiger partial charge on any atom is 0.273 e. The van der Waals surface area contributed by atoms with Gasteiger partial charge < -0.3 is 4.90 Å². The van der Waals surface area contributed by atoms with Crippen molar-refractivity contribution in [2.45, 2.75) is 26.3 Å². The minimum atomic E-state index is 0.0917. The SMILES string of the molecule is CCCCN1Cc2cccnc2C1=O. The summed E-state index contributed by atoms with van der Waals surface area (Å²) >= 11 is 0. The number of hydrogen-bond acceptors (Lipinski definition) is 2. The predicted octanol–water partition coefficient (Wildman–Crippen LogP) is 1.84. The second-order valence-electron chi connectivity index (χ2n) is 3.59. The summed E-state index contributed by atoms with van der Waals surface area (Å²) in [5, 5.41) is 0. The van der Waals surface area contributed by atoms with E-state index >= 15 is 0 Å². The second-order valence-corrected chi connectivity index (χ2v) is 3.59. The third kappa shape index (κ3) is 1.50. The Hall–Kier alpha value is -1.38. The fourth-order valence-corrected chi connectivity index (χ4v) is 1.72. The van der Waals surface area contributed by atoms with Crippen molar-refractivity contribution in [2.24, 2.45) is 0 Å². The molecule has 0 radical (unpaired) electrons. The summed E-state index contributed by atoms with van der Waals surface area (Å²) in [7, 11) is 0. The van der Waals surface area contributed by atoms with E-state index in [1.54, 1.807) is 6.20 Å². The Labute approximate surface area is 83.8 Å². The van der Waals surface area contributed by atoms with Crippen LogP contribution in [0.3, 0.4) is 0 Å². The summed E-state index contributed by atoms with van der Waals surface area (Å²) in [6.45, 7) is 3.72. The van der Waals surface area contributed by atoms with E-state index < -0.39 is 0 Å². The number of carbonyl (C=O) groups excluding carboxylic acids is 1. The van der Waals surface area contributed by atoms with E-state index in [-0.39, 0.29) is 5.91 Å². The van der Waals surface area contributed by atoms with E-state index in [0.717, 1.165) is 31.5 Å². The van der Waals surface area contributed by atoms with Gasteiger partial charge in [-0.05, 0) is 12.5 Å². The highest BCUT2D eigenvalue weighted by Crippen LogP contribution is 2.20. The van der Waals surface area contributed by atoms with Gasteiger partial charge in [0.1, 0.15) is 5.69 Å².